The molecule has 2 aromatic carbocycles. The second kappa shape index (κ2) is 5.34. The Bertz CT molecular complexity index is 720. The van der Waals surface area contributed by atoms with Crippen LogP contribution in [0.3, 0.4) is 0 Å². The number of hydrogen-bond acceptors (Lipinski definition) is 2. The third-order valence-electron chi connectivity index (χ3n) is 3.00. The maximum atomic E-state index is 8.17. The maximum absolute atomic E-state index is 8.17. The Morgan fingerprint density at radius 1 is 1.17 bits per heavy atom. The first kappa shape index (κ1) is 7.07. The lowest BCUT2D eigenvalue weighted by molar-refractivity contribution is 0.0776. The van der Waals surface area contributed by atoms with Crippen molar-refractivity contribution < 1.29 is 11.6 Å². The number of ether oxygens (including phenoxy) is 1. The highest BCUT2D eigenvalue weighted by Crippen LogP contribution is 2.29. The minimum Gasteiger partial charge on any atom is -0.367 e. The summed E-state index contributed by atoms with van der Waals surface area (Å²) >= 11 is 0. The highest BCUT2D eigenvalue weighted by Gasteiger charge is 2.19. The fourth-order valence-corrected chi connectivity index (χ4v) is 2.14. The van der Waals surface area contributed by atoms with E-state index in [1.807, 2.05) is 24.3 Å². The van der Waals surface area contributed by atoms with E-state index < -0.39 is 6.10 Å². The van der Waals surface area contributed by atoms with Crippen LogP contribution in [-0.4, -0.2) is 13.2 Å². The van der Waals surface area contributed by atoms with E-state index in [2.05, 4.69) is 5.32 Å². The van der Waals surface area contributed by atoms with Crippen molar-refractivity contribution in [1.82, 2.24) is 5.32 Å². The summed E-state index contributed by atoms with van der Waals surface area (Å²) in [6.45, 7) is 1.71. The minimum absolute atomic E-state index is 0.199. The number of benzene rings is 2. The van der Waals surface area contributed by atoms with Crippen molar-refractivity contribution in [2.75, 3.05) is 13.2 Å². The predicted octanol–water partition coefficient (Wildman–Crippen LogP) is 2.90. The van der Waals surface area contributed by atoms with Crippen LogP contribution in [0.1, 0.15) is 29.6 Å². The molecule has 1 aliphatic heterocycles. The van der Waals surface area contributed by atoms with E-state index in [1.165, 1.54) is 0 Å². The predicted molar refractivity (Wildman–Crippen MR) is 72.4 cm³/mol. The smallest absolute Gasteiger partial charge is 0.108 e. The lowest BCUT2D eigenvalue weighted by Crippen LogP contribution is -2.25. The topological polar surface area (TPSA) is 21.3 Å². The van der Waals surface area contributed by atoms with Gasteiger partial charge in [-0.25, -0.2) is 0 Å². The quantitative estimate of drug-likeness (QED) is 0.833. The van der Waals surface area contributed by atoms with E-state index in [-0.39, 0.29) is 35.8 Å². The summed E-state index contributed by atoms with van der Waals surface area (Å²) < 4.78 is 45.7. The van der Waals surface area contributed by atoms with E-state index in [1.54, 1.807) is 0 Å². The summed E-state index contributed by atoms with van der Waals surface area (Å²) in [5.41, 5.74) is 2.03. The molecular weight excluding hydrogens is 222 g/mol. The van der Waals surface area contributed by atoms with Crippen LogP contribution < -0.4 is 5.32 Å². The molecule has 2 heteroatoms. The fourth-order valence-electron chi connectivity index (χ4n) is 2.14. The third-order valence-corrected chi connectivity index (χ3v) is 3.00. The molecule has 92 valence electrons. The molecule has 0 spiro atoms. The van der Waals surface area contributed by atoms with Gasteiger partial charge >= 0.3 is 0 Å². The zero-order chi connectivity index (χ0) is 16.6. The largest absolute Gasteiger partial charge is 0.367 e. The molecule has 0 amide bonds. The van der Waals surface area contributed by atoms with E-state index in [0.717, 1.165) is 11.1 Å². The molecule has 18 heavy (non-hydrogen) atoms. The normalized spacial score (nSPS) is 23.6. The molecule has 0 radical (unpaired) electrons. The number of rotatable bonds is 1. The van der Waals surface area contributed by atoms with Gasteiger partial charge in [0.25, 0.3) is 0 Å². The Hall–Kier alpha value is -1.64. The van der Waals surface area contributed by atoms with Crippen molar-refractivity contribution in [2.24, 2.45) is 0 Å². The highest BCUT2D eigenvalue weighted by molar-refractivity contribution is 5.36. The van der Waals surface area contributed by atoms with Gasteiger partial charge in [-0.3, -0.25) is 0 Å². The Kier molecular flexibility index (Phi) is 2.10. The van der Waals surface area contributed by atoms with Gasteiger partial charge in [-0.15, -0.1) is 0 Å². The minimum atomic E-state index is -0.665. The molecule has 1 atom stereocenters. The second-order valence-electron chi connectivity index (χ2n) is 4.17. The van der Waals surface area contributed by atoms with E-state index in [0.29, 0.717) is 19.7 Å². The van der Waals surface area contributed by atoms with Gasteiger partial charge in [0, 0.05) is 13.1 Å². The highest BCUT2D eigenvalue weighted by atomic mass is 16.5. The molecule has 1 heterocycles. The van der Waals surface area contributed by atoms with Gasteiger partial charge in [-0.1, -0.05) is 54.5 Å². The van der Waals surface area contributed by atoms with Crippen LogP contribution in [0.25, 0.3) is 0 Å². The zero-order valence-corrected chi connectivity index (χ0v) is 9.92. The summed E-state index contributed by atoms with van der Waals surface area (Å²) in [6, 6.07) is 6.17. The summed E-state index contributed by atoms with van der Waals surface area (Å²) in [6.07, 6.45) is -0.665. The van der Waals surface area contributed by atoms with Gasteiger partial charge in [0.2, 0.25) is 0 Å². The number of hydrogen-bond donors (Lipinski definition) is 1. The van der Waals surface area contributed by atoms with Crippen LogP contribution in [0.15, 0.2) is 54.5 Å². The van der Waals surface area contributed by atoms with Crippen LogP contribution in [0.5, 0.6) is 0 Å². The molecule has 1 aliphatic rings. The van der Waals surface area contributed by atoms with Crippen LogP contribution >= 0.6 is 0 Å². The van der Waals surface area contributed by atoms with Gasteiger partial charge in [0.15, 0.2) is 0 Å². The fraction of sp³-hybridized carbons (Fsp3) is 0.250. The lowest BCUT2D eigenvalue weighted by Gasteiger charge is -2.24. The lowest BCUT2D eigenvalue weighted by atomic mass is 9.96. The van der Waals surface area contributed by atoms with Crippen LogP contribution in [-0.2, 0) is 11.3 Å². The van der Waals surface area contributed by atoms with Crippen molar-refractivity contribution in [3.05, 3.63) is 71.2 Å². The van der Waals surface area contributed by atoms with Gasteiger partial charge in [0.05, 0.1) is 13.5 Å². The van der Waals surface area contributed by atoms with Crippen LogP contribution in [0, 0.1) is 0 Å². The van der Waals surface area contributed by atoms with Crippen LogP contribution in [0.2, 0.25) is 0 Å². The first-order chi connectivity index (χ1) is 11.0. The van der Waals surface area contributed by atoms with E-state index in [9.17, 15) is 0 Å². The molecule has 3 rings (SSSR count). The molecule has 1 unspecified atom stereocenters. The average molecular weight is 244 g/mol. The molecule has 0 aliphatic carbocycles. The summed E-state index contributed by atoms with van der Waals surface area (Å²) in [5.74, 6) is 0. The first-order valence-electron chi connectivity index (χ1n) is 8.49. The van der Waals surface area contributed by atoms with Gasteiger partial charge in [-0.2, -0.15) is 0 Å². The zero-order valence-electron chi connectivity index (χ0n) is 14.9. The number of nitrogens with one attached hydrogen (secondary N) is 1. The molecular formula is C16H17NO. The van der Waals surface area contributed by atoms with E-state index in [4.69, 9.17) is 11.6 Å². The second-order valence-corrected chi connectivity index (χ2v) is 4.17. The Morgan fingerprint density at radius 2 is 2.00 bits per heavy atom. The molecule has 0 fully saturated rings. The van der Waals surface area contributed by atoms with Crippen molar-refractivity contribution in [3.8, 4) is 0 Å². The molecule has 0 aromatic heterocycles. The third kappa shape index (κ3) is 2.30. The van der Waals surface area contributed by atoms with Crippen molar-refractivity contribution >= 4 is 0 Å². The number of fused-ring (bicyclic) bond motifs is 1. The Balaban J connectivity index is 2.23. The molecule has 0 saturated carbocycles. The van der Waals surface area contributed by atoms with Crippen LogP contribution in [0.4, 0.5) is 0 Å². The van der Waals surface area contributed by atoms with Gasteiger partial charge in [-0.05, 0) is 16.7 Å². The maximum Gasteiger partial charge on any atom is 0.108 e. The Labute approximate surface area is 115 Å². The van der Waals surface area contributed by atoms with Crippen molar-refractivity contribution in [1.29, 1.82) is 0 Å². The summed E-state index contributed by atoms with van der Waals surface area (Å²) in [5, 5.41) is 3.25. The monoisotopic (exact) mass is 244 g/mol. The molecule has 2 nitrogen and oxygen atoms in total. The molecule has 0 bridgehead atoms. The summed E-state index contributed by atoms with van der Waals surface area (Å²) in [4.78, 5) is 0. The average Bonchev–Trinajstić information content (AvgIpc) is 2.54. The SMILES string of the molecule is [2H]c1c([2H])c([2H])c(C2OCCNCc3ccccc32)c([2H])c1[2H]. The molecule has 0 saturated heterocycles. The van der Waals surface area contributed by atoms with Gasteiger partial charge in [0.1, 0.15) is 6.10 Å². The summed E-state index contributed by atoms with van der Waals surface area (Å²) in [7, 11) is 0. The molecule has 1 N–H and O–H groups in total. The standard InChI is InChI=1S/C16H17NO/c1-2-6-13(7-3-1)16-15-9-5-4-8-14(15)12-17-10-11-18-16/h1-9,16-17H,10-12H2/i1D,2D,3D,6D,7D. The van der Waals surface area contributed by atoms with E-state index >= 15 is 0 Å². The first-order valence-corrected chi connectivity index (χ1v) is 5.99. The van der Waals surface area contributed by atoms with Crippen molar-refractivity contribution in [2.45, 2.75) is 12.6 Å². The Morgan fingerprint density at radius 3 is 2.89 bits per heavy atom. The van der Waals surface area contributed by atoms with Crippen molar-refractivity contribution in [3.63, 3.8) is 0 Å². The van der Waals surface area contributed by atoms with Gasteiger partial charge < -0.3 is 10.1 Å². The molecule has 2 aromatic rings.